The highest BCUT2D eigenvalue weighted by Gasteiger charge is 2.10. The van der Waals surface area contributed by atoms with Gasteiger partial charge in [0.1, 0.15) is 5.75 Å². The van der Waals surface area contributed by atoms with Gasteiger partial charge in [-0.05, 0) is 29.5 Å². The second-order valence-electron chi connectivity index (χ2n) is 4.45. The Hall–Kier alpha value is -1.51. The van der Waals surface area contributed by atoms with Crippen molar-refractivity contribution in [2.75, 3.05) is 6.61 Å². The van der Waals surface area contributed by atoms with Crippen molar-refractivity contribution in [2.24, 2.45) is 0 Å². The van der Waals surface area contributed by atoms with Gasteiger partial charge in [0.25, 0.3) is 0 Å². The predicted molar refractivity (Wildman–Crippen MR) is 67.7 cm³/mol. The van der Waals surface area contributed by atoms with Crippen LogP contribution in [0.3, 0.4) is 0 Å². The smallest absolute Gasteiger partial charge is 0.307 e. The maximum absolute atomic E-state index is 10.7. The van der Waals surface area contributed by atoms with Crippen molar-refractivity contribution in [3.63, 3.8) is 0 Å². The van der Waals surface area contributed by atoms with E-state index in [2.05, 4.69) is 20.8 Å². The first-order chi connectivity index (χ1) is 8.04. The van der Waals surface area contributed by atoms with Crippen LogP contribution in [0.25, 0.3) is 0 Å². The van der Waals surface area contributed by atoms with Gasteiger partial charge >= 0.3 is 5.97 Å². The topological polar surface area (TPSA) is 46.5 Å². The average molecular weight is 236 g/mol. The Balaban J connectivity index is 2.95. The van der Waals surface area contributed by atoms with Crippen molar-refractivity contribution in [2.45, 2.75) is 39.5 Å². The molecule has 0 saturated heterocycles. The van der Waals surface area contributed by atoms with Crippen molar-refractivity contribution < 1.29 is 14.6 Å². The molecule has 0 amide bonds. The number of carbonyl (C=O) groups is 1. The number of aliphatic carboxylic acids is 1. The maximum atomic E-state index is 10.7. The number of hydrogen-bond acceptors (Lipinski definition) is 2. The van der Waals surface area contributed by atoms with Crippen LogP contribution < -0.4 is 4.74 Å². The van der Waals surface area contributed by atoms with Crippen molar-refractivity contribution in [3.8, 4) is 5.75 Å². The van der Waals surface area contributed by atoms with Crippen molar-refractivity contribution in [1.82, 2.24) is 0 Å². The molecule has 0 radical (unpaired) electrons. The second-order valence-corrected chi connectivity index (χ2v) is 4.45. The van der Waals surface area contributed by atoms with Gasteiger partial charge < -0.3 is 9.84 Å². The number of benzene rings is 1. The third kappa shape index (κ3) is 4.10. The van der Waals surface area contributed by atoms with E-state index >= 15 is 0 Å². The summed E-state index contributed by atoms with van der Waals surface area (Å²) >= 11 is 0. The van der Waals surface area contributed by atoms with Crippen LogP contribution in [0, 0.1) is 0 Å². The zero-order valence-electron chi connectivity index (χ0n) is 10.7. The van der Waals surface area contributed by atoms with Crippen LogP contribution >= 0.6 is 0 Å². The first kappa shape index (κ1) is 13.6. The summed E-state index contributed by atoms with van der Waals surface area (Å²) in [6.07, 6.45) is 1.03. The molecule has 3 nitrogen and oxygen atoms in total. The molecule has 0 saturated carbocycles. The molecule has 94 valence electrons. The number of hydrogen-bond donors (Lipinski definition) is 1. The molecule has 17 heavy (non-hydrogen) atoms. The number of carboxylic acid groups (broad SMARTS) is 1. The molecule has 0 bridgehead atoms. The second kappa shape index (κ2) is 6.28. The highest BCUT2D eigenvalue weighted by molar-refractivity contribution is 5.70. The van der Waals surface area contributed by atoms with Crippen LogP contribution in [0.5, 0.6) is 5.75 Å². The van der Waals surface area contributed by atoms with E-state index in [-0.39, 0.29) is 6.42 Å². The molecule has 1 aromatic rings. The van der Waals surface area contributed by atoms with Gasteiger partial charge in [0.05, 0.1) is 13.0 Å². The zero-order chi connectivity index (χ0) is 12.8. The van der Waals surface area contributed by atoms with E-state index in [0.717, 1.165) is 23.3 Å². The average Bonchev–Trinajstić information content (AvgIpc) is 2.26. The SMILES string of the molecule is CCCOc1ccc(CC(=O)O)cc1C(C)C. The number of ether oxygens (including phenoxy) is 1. The summed E-state index contributed by atoms with van der Waals surface area (Å²) in [6, 6.07) is 5.64. The standard InChI is InChI=1S/C14H20O3/c1-4-7-17-13-6-5-11(9-14(15)16)8-12(13)10(2)3/h5-6,8,10H,4,7,9H2,1-3H3,(H,15,16). The van der Waals surface area contributed by atoms with Gasteiger partial charge in [-0.15, -0.1) is 0 Å². The molecule has 0 unspecified atom stereocenters. The minimum atomic E-state index is -0.804. The summed E-state index contributed by atoms with van der Waals surface area (Å²) in [7, 11) is 0. The molecule has 0 aliphatic rings. The Morgan fingerprint density at radius 3 is 2.65 bits per heavy atom. The minimum absolute atomic E-state index is 0.0633. The minimum Gasteiger partial charge on any atom is -0.493 e. The van der Waals surface area contributed by atoms with Crippen LogP contribution in [0.15, 0.2) is 18.2 Å². The fraction of sp³-hybridized carbons (Fsp3) is 0.500. The molecule has 0 aliphatic heterocycles. The Kier molecular flexibility index (Phi) is 5.01. The highest BCUT2D eigenvalue weighted by atomic mass is 16.5. The summed E-state index contributed by atoms with van der Waals surface area (Å²) in [5.74, 6) is 0.397. The fourth-order valence-electron chi connectivity index (χ4n) is 1.68. The van der Waals surface area contributed by atoms with Crippen molar-refractivity contribution >= 4 is 5.97 Å². The van der Waals surface area contributed by atoms with Crippen molar-refractivity contribution in [3.05, 3.63) is 29.3 Å². The van der Waals surface area contributed by atoms with Gasteiger partial charge in [-0.3, -0.25) is 4.79 Å². The highest BCUT2D eigenvalue weighted by Crippen LogP contribution is 2.27. The normalized spacial score (nSPS) is 10.6. The van der Waals surface area contributed by atoms with E-state index in [4.69, 9.17) is 9.84 Å². The van der Waals surface area contributed by atoms with Crippen LogP contribution in [0.1, 0.15) is 44.2 Å². The van der Waals surface area contributed by atoms with E-state index in [9.17, 15) is 4.79 Å². The number of rotatable bonds is 6. The van der Waals surface area contributed by atoms with Crippen LogP contribution in [-0.4, -0.2) is 17.7 Å². The van der Waals surface area contributed by atoms with Gasteiger partial charge in [-0.2, -0.15) is 0 Å². The summed E-state index contributed by atoms with van der Waals surface area (Å²) in [5.41, 5.74) is 1.90. The van der Waals surface area contributed by atoms with Gasteiger partial charge in [0.2, 0.25) is 0 Å². The van der Waals surface area contributed by atoms with Gasteiger partial charge in [-0.1, -0.05) is 32.9 Å². The molecule has 0 heterocycles. The third-order valence-corrected chi connectivity index (χ3v) is 2.51. The monoisotopic (exact) mass is 236 g/mol. The van der Waals surface area contributed by atoms with Crippen LogP contribution in [0.4, 0.5) is 0 Å². The molecule has 3 heteroatoms. The molecule has 0 fully saturated rings. The summed E-state index contributed by atoms with van der Waals surface area (Å²) < 4.78 is 5.66. The lowest BCUT2D eigenvalue weighted by molar-refractivity contribution is -0.136. The summed E-state index contributed by atoms with van der Waals surface area (Å²) in [4.78, 5) is 10.7. The van der Waals surface area contributed by atoms with Crippen molar-refractivity contribution in [1.29, 1.82) is 0 Å². The fourth-order valence-corrected chi connectivity index (χ4v) is 1.68. The van der Waals surface area contributed by atoms with E-state index in [1.54, 1.807) is 0 Å². The lowest BCUT2D eigenvalue weighted by Gasteiger charge is -2.14. The van der Waals surface area contributed by atoms with Crippen LogP contribution in [0.2, 0.25) is 0 Å². The molecular weight excluding hydrogens is 216 g/mol. The Labute approximate surface area is 102 Å². The van der Waals surface area contributed by atoms with Gasteiger partial charge in [0, 0.05) is 0 Å². The largest absolute Gasteiger partial charge is 0.493 e. The first-order valence-electron chi connectivity index (χ1n) is 6.02. The molecule has 0 spiro atoms. The molecule has 0 aromatic heterocycles. The molecular formula is C14H20O3. The maximum Gasteiger partial charge on any atom is 0.307 e. The molecule has 1 aromatic carbocycles. The van der Waals surface area contributed by atoms with E-state index in [1.165, 1.54) is 0 Å². The Morgan fingerprint density at radius 1 is 1.41 bits per heavy atom. The molecule has 0 atom stereocenters. The Morgan fingerprint density at radius 2 is 2.12 bits per heavy atom. The summed E-state index contributed by atoms with van der Waals surface area (Å²) in [5, 5.41) is 8.78. The van der Waals surface area contributed by atoms with Gasteiger partial charge in [0.15, 0.2) is 0 Å². The Bertz CT molecular complexity index is 383. The van der Waals surface area contributed by atoms with Gasteiger partial charge in [-0.25, -0.2) is 0 Å². The molecule has 0 aliphatic carbocycles. The van der Waals surface area contributed by atoms with E-state index in [0.29, 0.717) is 12.5 Å². The number of carboxylic acids is 1. The molecule has 1 rings (SSSR count). The molecule has 1 N–H and O–H groups in total. The zero-order valence-corrected chi connectivity index (χ0v) is 10.7. The van der Waals surface area contributed by atoms with Crippen LogP contribution in [-0.2, 0) is 11.2 Å². The lowest BCUT2D eigenvalue weighted by Crippen LogP contribution is -2.04. The predicted octanol–water partition coefficient (Wildman–Crippen LogP) is 3.23. The first-order valence-corrected chi connectivity index (χ1v) is 6.02. The van der Waals surface area contributed by atoms with E-state index < -0.39 is 5.97 Å². The van der Waals surface area contributed by atoms with E-state index in [1.807, 2.05) is 18.2 Å². The lowest BCUT2D eigenvalue weighted by atomic mass is 9.98. The third-order valence-electron chi connectivity index (χ3n) is 2.51. The quantitative estimate of drug-likeness (QED) is 0.824. The summed E-state index contributed by atoms with van der Waals surface area (Å²) in [6.45, 7) is 6.92.